The second kappa shape index (κ2) is 8.47. The lowest BCUT2D eigenvalue weighted by molar-refractivity contribution is -0.143. The number of amides is 1. The number of aliphatic hydroxyl groups is 1. The maximum Gasteiger partial charge on any atom is 0.437 e. The van der Waals surface area contributed by atoms with E-state index in [0.29, 0.717) is 18.7 Å². The van der Waals surface area contributed by atoms with E-state index in [4.69, 9.17) is 14.6 Å². The molecule has 1 amide bonds. The molecule has 3 rings (SSSR count). The highest BCUT2D eigenvalue weighted by molar-refractivity contribution is 5.78. The largest absolute Gasteiger partial charge is 0.486 e. The van der Waals surface area contributed by atoms with E-state index < -0.39 is 18.0 Å². The van der Waals surface area contributed by atoms with Gasteiger partial charge in [-0.05, 0) is 29.8 Å². The van der Waals surface area contributed by atoms with E-state index in [1.165, 1.54) is 17.0 Å². The molecule has 2 aromatic rings. The van der Waals surface area contributed by atoms with Crippen molar-refractivity contribution < 1.29 is 32.5 Å². The third-order valence-electron chi connectivity index (χ3n) is 4.30. The molecule has 0 aliphatic carbocycles. The van der Waals surface area contributed by atoms with Gasteiger partial charge in [-0.1, -0.05) is 12.1 Å². The molecule has 1 aromatic carbocycles. The zero-order valence-electron chi connectivity index (χ0n) is 14.9. The molecule has 6 nitrogen and oxygen atoms in total. The number of nitrogens with zero attached hydrogens (tertiary/aromatic N) is 2. The monoisotopic (exact) mass is 396 g/mol. The van der Waals surface area contributed by atoms with E-state index in [9.17, 15) is 18.0 Å². The van der Waals surface area contributed by atoms with Crippen molar-refractivity contribution in [3.05, 3.63) is 53.9 Å². The smallest absolute Gasteiger partial charge is 0.437 e. The van der Waals surface area contributed by atoms with Crippen molar-refractivity contribution in [1.29, 1.82) is 0 Å². The highest BCUT2D eigenvalue weighted by atomic mass is 19.4. The maximum absolute atomic E-state index is 13.0. The van der Waals surface area contributed by atoms with Crippen molar-refractivity contribution in [3.8, 4) is 11.5 Å². The molecule has 9 heteroatoms. The van der Waals surface area contributed by atoms with E-state index in [2.05, 4.69) is 4.98 Å². The van der Waals surface area contributed by atoms with Gasteiger partial charge in [0.05, 0.1) is 13.2 Å². The van der Waals surface area contributed by atoms with Crippen LogP contribution in [0, 0.1) is 0 Å². The number of halogens is 3. The number of likely N-dealkylation sites (tertiary alicyclic amines) is 1. The van der Waals surface area contributed by atoms with Crippen LogP contribution in [0.2, 0.25) is 0 Å². The molecule has 1 saturated heterocycles. The number of benzene rings is 1. The molecule has 28 heavy (non-hydrogen) atoms. The number of aromatic nitrogens is 1. The Morgan fingerprint density at radius 1 is 1.25 bits per heavy atom. The first-order valence-corrected chi connectivity index (χ1v) is 8.66. The molecule has 1 unspecified atom stereocenters. The van der Waals surface area contributed by atoms with Crippen LogP contribution < -0.4 is 9.47 Å². The van der Waals surface area contributed by atoms with Gasteiger partial charge in [0.25, 0.3) is 5.91 Å². The number of pyridine rings is 1. The fraction of sp³-hybridized carbons (Fsp3) is 0.368. The van der Waals surface area contributed by atoms with Crippen molar-refractivity contribution >= 4 is 5.91 Å². The molecular formula is C19H19F3N2O4. The first kappa shape index (κ1) is 19.9. The molecule has 150 valence electrons. The quantitative estimate of drug-likeness (QED) is 0.813. The van der Waals surface area contributed by atoms with Gasteiger partial charge in [0.1, 0.15) is 11.9 Å². The van der Waals surface area contributed by atoms with Crippen molar-refractivity contribution in [1.82, 2.24) is 9.88 Å². The number of hydrogen-bond acceptors (Lipinski definition) is 5. The van der Waals surface area contributed by atoms with Crippen LogP contribution in [0.1, 0.15) is 17.7 Å². The Kier molecular flexibility index (Phi) is 6.03. The first-order chi connectivity index (χ1) is 13.4. The molecule has 1 aliphatic rings. The Hall–Kier alpha value is -2.81. The SMILES string of the molecule is O=C(COc1ccc(CO)cc1)N1CCC(Oc2cccnc2C(F)(F)F)C1. The van der Waals surface area contributed by atoms with Crippen LogP contribution in [-0.2, 0) is 17.6 Å². The van der Waals surface area contributed by atoms with Gasteiger partial charge < -0.3 is 19.5 Å². The Morgan fingerprint density at radius 2 is 2.00 bits per heavy atom. The molecule has 2 heterocycles. The minimum Gasteiger partial charge on any atom is -0.486 e. The zero-order valence-corrected chi connectivity index (χ0v) is 14.9. The summed E-state index contributed by atoms with van der Waals surface area (Å²) in [6, 6.07) is 9.26. The van der Waals surface area contributed by atoms with Gasteiger partial charge in [0, 0.05) is 19.2 Å². The topological polar surface area (TPSA) is 71.9 Å². The number of rotatable bonds is 6. The lowest BCUT2D eigenvalue weighted by atomic mass is 10.2. The van der Waals surface area contributed by atoms with Crippen molar-refractivity contribution in [3.63, 3.8) is 0 Å². The van der Waals surface area contributed by atoms with Crippen molar-refractivity contribution in [2.24, 2.45) is 0 Å². The van der Waals surface area contributed by atoms with Gasteiger partial charge in [0.15, 0.2) is 18.1 Å². The fourth-order valence-electron chi connectivity index (χ4n) is 2.86. The van der Waals surface area contributed by atoms with E-state index in [0.717, 1.165) is 11.8 Å². The van der Waals surface area contributed by atoms with E-state index >= 15 is 0 Å². The number of aliphatic hydroxyl groups excluding tert-OH is 1. The van der Waals surface area contributed by atoms with Gasteiger partial charge in [-0.3, -0.25) is 4.79 Å². The maximum atomic E-state index is 13.0. The van der Waals surface area contributed by atoms with Crippen LogP contribution in [0.4, 0.5) is 13.2 Å². The van der Waals surface area contributed by atoms with Gasteiger partial charge in [-0.15, -0.1) is 0 Å². The van der Waals surface area contributed by atoms with Gasteiger partial charge in [-0.25, -0.2) is 4.98 Å². The highest BCUT2D eigenvalue weighted by Gasteiger charge is 2.37. The van der Waals surface area contributed by atoms with Crippen LogP contribution in [0.3, 0.4) is 0 Å². The van der Waals surface area contributed by atoms with E-state index in [-0.39, 0.29) is 31.4 Å². The molecule has 0 bridgehead atoms. The highest BCUT2D eigenvalue weighted by Crippen LogP contribution is 2.35. The predicted octanol–water partition coefficient (Wildman–Crippen LogP) is 2.65. The third-order valence-corrected chi connectivity index (χ3v) is 4.30. The summed E-state index contributed by atoms with van der Waals surface area (Å²) in [5.74, 6) is -0.128. The van der Waals surface area contributed by atoms with Crippen molar-refractivity contribution in [2.75, 3.05) is 19.7 Å². The Labute approximate surface area is 159 Å². The molecular weight excluding hydrogens is 377 g/mol. The van der Waals surface area contributed by atoms with Gasteiger partial charge in [-0.2, -0.15) is 13.2 Å². The average molecular weight is 396 g/mol. The number of alkyl halides is 3. The van der Waals surface area contributed by atoms with Crippen LogP contribution in [-0.4, -0.2) is 46.7 Å². The minimum absolute atomic E-state index is 0.0820. The zero-order chi connectivity index (χ0) is 20.1. The van der Waals surface area contributed by atoms with Gasteiger partial charge >= 0.3 is 6.18 Å². The molecule has 0 saturated carbocycles. The summed E-state index contributed by atoms with van der Waals surface area (Å²) in [4.78, 5) is 17.1. The number of carbonyl (C=O) groups excluding carboxylic acids is 1. The molecule has 1 atom stereocenters. The molecule has 0 spiro atoms. The lowest BCUT2D eigenvalue weighted by Gasteiger charge is -2.19. The first-order valence-electron chi connectivity index (χ1n) is 8.66. The minimum atomic E-state index is -4.61. The number of ether oxygens (including phenoxy) is 2. The summed E-state index contributed by atoms with van der Waals surface area (Å²) < 4.78 is 49.9. The molecule has 1 fully saturated rings. The summed E-state index contributed by atoms with van der Waals surface area (Å²) in [5, 5.41) is 9.00. The Balaban J connectivity index is 1.53. The summed E-state index contributed by atoms with van der Waals surface area (Å²) in [6.45, 7) is 0.281. The lowest BCUT2D eigenvalue weighted by Crippen LogP contribution is -2.34. The Morgan fingerprint density at radius 3 is 2.68 bits per heavy atom. The van der Waals surface area contributed by atoms with E-state index in [1.807, 2.05) is 0 Å². The Bertz CT molecular complexity index is 812. The van der Waals surface area contributed by atoms with Crippen LogP contribution >= 0.6 is 0 Å². The standard InChI is InChI=1S/C19H19F3N2O4/c20-19(21,22)18-16(2-1-8-23-18)28-15-7-9-24(10-15)17(26)12-27-14-5-3-13(11-25)4-6-14/h1-6,8,15,25H,7,9-12H2. The second-order valence-corrected chi connectivity index (χ2v) is 6.31. The average Bonchev–Trinajstić information content (AvgIpc) is 3.14. The molecule has 0 radical (unpaired) electrons. The van der Waals surface area contributed by atoms with Crippen LogP contribution in [0.25, 0.3) is 0 Å². The fourth-order valence-corrected chi connectivity index (χ4v) is 2.86. The summed E-state index contributed by atoms with van der Waals surface area (Å²) in [6.07, 6.45) is -3.67. The van der Waals surface area contributed by atoms with E-state index in [1.54, 1.807) is 24.3 Å². The molecule has 1 aromatic heterocycles. The normalized spacial score (nSPS) is 16.9. The molecule has 1 aliphatic heterocycles. The van der Waals surface area contributed by atoms with Crippen LogP contribution in [0.15, 0.2) is 42.6 Å². The molecule has 1 N–H and O–H groups in total. The summed E-state index contributed by atoms with van der Waals surface area (Å²) in [7, 11) is 0. The predicted molar refractivity (Wildman–Crippen MR) is 92.7 cm³/mol. The summed E-state index contributed by atoms with van der Waals surface area (Å²) >= 11 is 0. The van der Waals surface area contributed by atoms with Gasteiger partial charge in [0.2, 0.25) is 0 Å². The number of carbonyl (C=O) groups is 1. The van der Waals surface area contributed by atoms with Crippen LogP contribution in [0.5, 0.6) is 11.5 Å². The second-order valence-electron chi connectivity index (χ2n) is 6.31. The third kappa shape index (κ3) is 4.92. The summed E-state index contributed by atoms with van der Waals surface area (Å²) in [5.41, 5.74) is -0.346. The van der Waals surface area contributed by atoms with Crippen molar-refractivity contribution in [2.45, 2.75) is 25.3 Å². The number of hydrogen-bond donors (Lipinski definition) is 1.